The van der Waals surface area contributed by atoms with Crippen LogP contribution in [0.15, 0.2) is 41.4 Å². The maximum absolute atomic E-state index is 11.9. The van der Waals surface area contributed by atoms with Gasteiger partial charge in [-0.2, -0.15) is 0 Å². The molecule has 0 spiro atoms. The molecule has 1 heterocycles. The van der Waals surface area contributed by atoms with Gasteiger partial charge < -0.3 is 11.1 Å². The quantitative estimate of drug-likeness (QED) is 0.803. The number of pyridine rings is 1. The molecule has 7 heteroatoms. The minimum Gasteiger partial charge on any atom is -0.384 e. The molecule has 110 valence electrons. The van der Waals surface area contributed by atoms with Gasteiger partial charge in [-0.05, 0) is 24.3 Å². The smallest absolute Gasteiger partial charge is 0.225 e. The molecule has 0 saturated carbocycles. The molecular weight excluding hydrogens is 329 g/mol. The van der Waals surface area contributed by atoms with Crippen molar-refractivity contribution in [3.05, 3.63) is 46.6 Å². The lowest BCUT2D eigenvalue weighted by molar-refractivity contribution is -0.115. The summed E-state index contributed by atoms with van der Waals surface area (Å²) in [6.45, 7) is 0. The van der Waals surface area contributed by atoms with Gasteiger partial charge in [-0.3, -0.25) is 4.79 Å². The first-order chi connectivity index (χ1) is 10.1. The Morgan fingerprint density at radius 3 is 2.57 bits per heavy atom. The van der Waals surface area contributed by atoms with Crippen LogP contribution in [0.25, 0.3) is 0 Å². The second kappa shape index (κ2) is 7.54. The van der Waals surface area contributed by atoms with Crippen molar-refractivity contribution in [2.24, 2.45) is 0 Å². The molecule has 0 aliphatic heterocycles. The number of carbonyl (C=O) groups excluding carboxylic acids is 1. The van der Waals surface area contributed by atoms with E-state index in [1.807, 2.05) is 6.07 Å². The number of nitrogens with two attached hydrogens (primary N) is 1. The van der Waals surface area contributed by atoms with Gasteiger partial charge in [0.05, 0.1) is 15.7 Å². The van der Waals surface area contributed by atoms with Crippen LogP contribution in [0.4, 0.5) is 11.5 Å². The summed E-state index contributed by atoms with van der Waals surface area (Å²) in [6.07, 6.45) is 2.03. The highest BCUT2D eigenvalue weighted by molar-refractivity contribution is 7.99. The van der Waals surface area contributed by atoms with Gasteiger partial charge in [0, 0.05) is 23.3 Å². The summed E-state index contributed by atoms with van der Waals surface area (Å²) in [5, 5.41) is 3.57. The molecule has 2 aromatic rings. The van der Waals surface area contributed by atoms with Gasteiger partial charge in [0.25, 0.3) is 0 Å². The van der Waals surface area contributed by atoms with Gasteiger partial charge in [-0.15, -0.1) is 11.8 Å². The lowest BCUT2D eigenvalue weighted by Gasteiger charge is -2.09. The third-order valence-electron chi connectivity index (χ3n) is 2.58. The predicted molar refractivity (Wildman–Crippen MR) is 89.1 cm³/mol. The molecule has 0 atom stereocenters. The number of amides is 1. The lowest BCUT2D eigenvalue weighted by atomic mass is 10.3. The van der Waals surface area contributed by atoms with E-state index in [1.165, 1.54) is 11.8 Å². The van der Waals surface area contributed by atoms with Crippen molar-refractivity contribution in [2.75, 3.05) is 16.8 Å². The van der Waals surface area contributed by atoms with Crippen molar-refractivity contribution in [1.29, 1.82) is 0 Å². The molecule has 2 rings (SSSR count). The number of rotatable bonds is 5. The zero-order chi connectivity index (χ0) is 15.2. The van der Waals surface area contributed by atoms with Crippen LogP contribution in [0.5, 0.6) is 0 Å². The molecule has 1 aromatic carbocycles. The molecule has 0 aliphatic carbocycles. The van der Waals surface area contributed by atoms with Crippen molar-refractivity contribution in [2.45, 2.75) is 11.3 Å². The average Bonchev–Trinajstić information content (AvgIpc) is 2.45. The Balaban J connectivity index is 1.84. The Morgan fingerprint density at radius 2 is 1.95 bits per heavy atom. The number of halogens is 2. The molecule has 3 N–H and O–H groups in total. The summed E-state index contributed by atoms with van der Waals surface area (Å²) >= 11 is 13.5. The topological polar surface area (TPSA) is 68.0 Å². The zero-order valence-corrected chi connectivity index (χ0v) is 13.3. The second-order valence-corrected chi connectivity index (χ2v) is 6.14. The molecule has 0 bridgehead atoms. The number of aromatic nitrogens is 1. The van der Waals surface area contributed by atoms with Gasteiger partial charge in [0.15, 0.2) is 0 Å². The minimum atomic E-state index is -0.138. The van der Waals surface area contributed by atoms with Gasteiger partial charge in [-0.1, -0.05) is 29.3 Å². The predicted octanol–water partition coefficient (Wildman–Crippen LogP) is 4.09. The number of nitrogens with zero attached hydrogens (tertiary/aromatic N) is 1. The second-order valence-electron chi connectivity index (χ2n) is 4.16. The van der Waals surface area contributed by atoms with Crippen LogP contribution in [-0.4, -0.2) is 16.6 Å². The standard InChI is InChI=1S/C14H13Cl2N3OS/c15-10-2-1-3-11(16)14(10)19-13(20)6-7-21-9-4-5-12(17)18-8-9/h1-5,8H,6-7H2,(H2,17,18)(H,19,20). The van der Waals surface area contributed by atoms with Crippen LogP contribution in [-0.2, 0) is 4.79 Å². The summed E-state index contributed by atoms with van der Waals surface area (Å²) in [4.78, 5) is 16.8. The number of anilines is 2. The van der Waals surface area contributed by atoms with E-state index in [9.17, 15) is 4.79 Å². The molecule has 1 aromatic heterocycles. The van der Waals surface area contributed by atoms with Crippen molar-refractivity contribution < 1.29 is 4.79 Å². The summed E-state index contributed by atoms with van der Waals surface area (Å²) in [5.74, 6) is 0.964. The lowest BCUT2D eigenvalue weighted by Crippen LogP contribution is -2.12. The fraction of sp³-hybridized carbons (Fsp3) is 0.143. The number of hydrogen-bond donors (Lipinski definition) is 2. The van der Waals surface area contributed by atoms with Crippen LogP contribution >= 0.6 is 35.0 Å². The van der Waals surface area contributed by atoms with Crippen LogP contribution in [0.2, 0.25) is 10.0 Å². The number of thioether (sulfide) groups is 1. The molecule has 0 aliphatic rings. The number of nitrogen functional groups attached to an aromatic ring is 1. The van der Waals surface area contributed by atoms with Crippen LogP contribution in [0.1, 0.15) is 6.42 Å². The molecular formula is C14H13Cl2N3OS. The minimum absolute atomic E-state index is 0.138. The molecule has 1 amide bonds. The molecule has 0 unspecified atom stereocenters. The first-order valence-corrected chi connectivity index (χ1v) is 7.88. The molecule has 0 radical (unpaired) electrons. The molecule has 0 fully saturated rings. The SMILES string of the molecule is Nc1ccc(SCCC(=O)Nc2c(Cl)cccc2Cl)cn1. The molecule has 0 saturated heterocycles. The Hall–Kier alpha value is -1.43. The Morgan fingerprint density at radius 1 is 1.24 bits per heavy atom. The zero-order valence-electron chi connectivity index (χ0n) is 11.0. The van der Waals surface area contributed by atoms with Gasteiger partial charge in [-0.25, -0.2) is 4.98 Å². The highest BCUT2D eigenvalue weighted by atomic mass is 35.5. The Labute approximate surface area is 137 Å². The highest BCUT2D eigenvalue weighted by Crippen LogP contribution is 2.30. The van der Waals surface area contributed by atoms with E-state index in [2.05, 4.69) is 10.3 Å². The highest BCUT2D eigenvalue weighted by Gasteiger charge is 2.09. The first kappa shape index (κ1) is 15.9. The monoisotopic (exact) mass is 341 g/mol. The number of nitrogens with one attached hydrogen (secondary N) is 1. The molecule has 21 heavy (non-hydrogen) atoms. The summed E-state index contributed by atoms with van der Waals surface area (Å²) in [6, 6.07) is 8.68. The van der Waals surface area contributed by atoms with Crippen molar-refractivity contribution >= 4 is 52.4 Å². The van der Waals surface area contributed by atoms with Crippen molar-refractivity contribution in [3.8, 4) is 0 Å². The van der Waals surface area contributed by atoms with Gasteiger partial charge in [0.2, 0.25) is 5.91 Å². The fourth-order valence-corrected chi connectivity index (χ4v) is 2.86. The van der Waals surface area contributed by atoms with Crippen LogP contribution < -0.4 is 11.1 Å². The largest absolute Gasteiger partial charge is 0.384 e. The summed E-state index contributed by atoms with van der Waals surface area (Å²) in [7, 11) is 0. The molecule has 4 nitrogen and oxygen atoms in total. The van der Waals surface area contributed by atoms with E-state index in [-0.39, 0.29) is 5.91 Å². The number of para-hydroxylation sites is 1. The third-order valence-corrected chi connectivity index (χ3v) is 4.20. The van der Waals surface area contributed by atoms with Crippen LogP contribution in [0.3, 0.4) is 0 Å². The maximum Gasteiger partial charge on any atom is 0.225 e. The van der Waals surface area contributed by atoms with Crippen molar-refractivity contribution in [1.82, 2.24) is 4.98 Å². The van der Waals surface area contributed by atoms with Crippen molar-refractivity contribution in [3.63, 3.8) is 0 Å². The van der Waals surface area contributed by atoms with Crippen LogP contribution in [0, 0.1) is 0 Å². The average molecular weight is 342 g/mol. The summed E-state index contributed by atoms with van der Waals surface area (Å²) in [5.41, 5.74) is 5.96. The van der Waals surface area contributed by atoms with E-state index in [1.54, 1.807) is 30.5 Å². The van der Waals surface area contributed by atoms with E-state index in [0.29, 0.717) is 33.7 Å². The van der Waals surface area contributed by atoms with E-state index >= 15 is 0 Å². The Bertz CT molecular complexity index is 614. The van der Waals surface area contributed by atoms with Gasteiger partial charge >= 0.3 is 0 Å². The van der Waals surface area contributed by atoms with E-state index < -0.39 is 0 Å². The van der Waals surface area contributed by atoms with E-state index in [4.69, 9.17) is 28.9 Å². The normalized spacial score (nSPS) is 10.4. The number of benzene rings is 1. The number of carbonyl (C=O) groups is 1. The Kier molecular flexibility index (Phi) is 5.73. The number of hydrogen-bond acceptors (Lipinski definition) is 4. The van der Waals surface area contributed by atoms with Gasteiger partial charge in [0.1, 0.15) is 5.82 Å². The fourth-order valence-electron chi connectivity index (χ4n) is 1.56. The summed E-state index contributed by atoms with van der Waals surface area (Å²) < 4.78 is 0. The van der Waals surface area contributed by atoms with E-state index in [0.717, 1.165) is 4.90 Å². The maximum atomic E-state index is 11.9. The third kappa shape index (κ3) is 4.81. The first-order valence-electron chi connectivity index (χ1n) is 6.14.